The zero-order chi connectivity index (χ0) is 39.3. The second-order valence-electron chi connectivity index (χ2n) is 12.8. The lowest BCUT2D eigenvalue weighted by molar-refractivity contribution is 0.590. The Kier molecular flexibility index (Phi) is 10.8. The summed E-state index contributed by atoms with van der Waals surface area (Å²) >= 11 is 3.00. The Morgan fingerprint density at radius 3 is 2.25 bits per heavy atom. The average molecular weight is 798 g/mol. The van der Waals surface area contributed by atoms with Crippen LogP contribution in [0.25, 0.3) is 34.2 Å². The van der Waals surface area contributed by atoms with Crippen molar-refractivity contribution in [3.8, 4) is 40.2 Å². The summed E-state index contributed by atoms with van der Waals surface area (Å²) in [5.74, 6) is 2.77. The lowest BCUT2D eigenvalue weighted by Crippen LogP contribution is -2.03. The van der Waals surface area contributed by atoms with Gasteiger partial charge in [-0.25, -0.2) is 4.39 Å². The van der Waals surface area contributed by atoms with E-state index in [-0.39, 0.29) is 16.8 Å². The van der Waals surface area contributed by atoms with E-state index in [2.05, 4.69) is 71.8 Å². The van der Waals surface area contributed by atoms with Crippen LogP contribution in [0.1, 0.15) is 53.8 Å². The van der Waals surface area contributed by atoms with Crippen LogP contribution in [0.4, 0.5) is 4.39 Å². The van der Waals surface area contributed by atoms with Gasteiger partial charge in [0.2, 0.25) is 0 Å². The smallest absolute Gasteiger partial charge is 0.192 e. The van der Waals surface area contributed by atoms with E-state index in [0.717, 1.165) is 51.5 Å². The minimum Gasteiger partial charge on any atom is -0.305 e. The minimum absolute atomic E-state index is 0.0823. The molecule has 0 N–H and O–H groups in total. The molecule has 6 heterocycles. The summed E-state index contributed by atoms with van der Waals surface area (Å²) in [5.41, 5.74) is 4.39. The molecule has 0 spiro atoms. The van der Waals surface area contributed by atoms with Crippen LogP contribution in [0, 0.1) is 24.1 Å². The van der Waals surface area contributed by atoms with Crippen LogP contribution in [0.3, 0.4) is 0 Å². The van der Waals surface area contributed by atoms with Crippen molar-refractivity contribution in [1.82, 2.24) is 79.9 Å². The van der Waals surface area contributed by atoms with Gasteiger partial charge in [-0.3, -0.25) is 14.5 Å². The van der Waals surface area contributed by atoms with Crippen molar-refractivity contribution in [1.29, 1.82) is 5.26 Å². The normalized spacial score (nSPS) is 12.8. The second-order valence-corrected chi connectivity index (χ2v) is 15.1. The maximum atomic E-state index is 14.1. The van der Waals surface area contributed by atoms with E-state index in [1.165, 1.54) is 39.2 Å². The molecule has 1 aliphatic rings. The molecule has 0 radical (unpaired) electrons. The van der Waals surface area contributed by atoms with E-state index < -0.39 is 0 Å². The summed E-state index contributed by atoms with van der Waals surface area (Å²) in [6.07, 6.45) is 9.18. The molecule has 0 saturated heterocycles. The third-order valence-electron chi connectivity index (χ3n) is 8.67. The first-order valence-corrected chi connectivity index (χ1v) is 19.5. The number of tetrazole rings is 2. The van der Waals surface area contributed by atoms with Crippen molar-refractivity contribution in [3.05, 3.63) is 120 Å². The van der Waals surface area contributed by atoms with Gasteiger partial charge in [0.1, 0.15) is 5.69 Å². The van der Waals surface area contributed by atoms with Crippen molar-refractivity contribution < 1.29 is 4.39 Å². The second kappa shape index (κ2) is 16.6. The van der Waals surface area contributed by atoms with Gasteiger partial charge >= 0.3 is 0 Å². The highest BCUT2D eigenvalue weighted by molar-refractivity contribution is 7.99. The molecule has 1 fully saturated rings. The van der Waals surface area contributed by atoms with Crippen LogP contribution < -0.4 is 0 Å². The molecule has 20 heteroatoms. The highest BCUT2D eigenvalue weighted by Gasteiger charge is 2.30. The van der Waals surface area contributed by atoms with Crippen molar-refractivity contribution in [2.24, 2.45) is 7.05 Å². The largest absolute Gasteiger partial charge is 0.305 e. The molecule has 9 rings (SSSR count). The molecule has 1 atom stereocenters. The van der Waals surface area contributed by atoms with Crippen LogP contribution >= 0.6 is 23.5 Å². The molecule has 1 unspecified atom stereocenters. The molecule has 1 saturated carbocycles. The Hall–Kier alpha value is -6.72. The molecular formula is C37H32FN17S2. The van der Waals surface area contributed by atoms with Gasteiger partial charge in [-0.1, -0.05) is 35.7 Å². The van der Waals surface area contributed by atoms with E-state index in [4.69, 9.17) is 5.26 Å². The van der Waals surface area contributed by atoms with Crippen molar-refractivity contribution in [2.75, 3.05) is 0 Å². The van der Waals surface area contributed by atoms with E-state index in [1.807, 2.05) is 55.8 Å². The average Bonchev–Trinajstić information content (AvgIpc) is 3.59. The lowest BCUT2D eigenvalue weighted by atomic mass is 10.2. The van der Waals surface area contributed by atoms with Gasteiger partial charge < -0.3 is 4.57 Å². The molecule has 6 aromatic heterocycles. The number of nitrogens with zero attached hydrogens (tertiary/aromatic N) is 17. The summed E-state index contributed by atoms with van der Waals surface area (Å²) in [4.78, 5) is 10.7. The molecule has 57 heavy (non-hydrogen) atoms. The summed E-state index contributed by atoms with van der Waals surface area (Å²) in [6, 6.07) is 22.0. The SMILES string of the molecule is CC(Sc1nnc(-c2ccncc2)n1C)c1nnn(-c2cccc(C#N)c2)n1.Cc1ccc(F)c(-n2nnc(CSc3nnc(-c4ccncc4)n3C3CC3)n2)c1. The first-order chi connectivity index (χ1) is 27.8. The molecule has 0 aliphatic heterocycles. The highest BCUT2D eigenvalue weighted by Crippen LogP contribution is 2.41. The first-order valence-electron chi connectivity index (χ1n) is 17.6. The zero-order valence-electron chi connectivity index (χ0n) is 30.7. The number of thioether (sulfide) groups is 2. The molecule has 2 aromatic carbocycles. The van der Waals surface area contributed by atoms with Crippen LogP contribution in [0.5, 0.6) is 0 Å². The third kappa shape index (κ3) is 8.44. The van der Waals surface area contributed by atoms with E-state index in [1.54, 1.807) is 55.1 Å². The van der Waals surface area contributed by atoms with Gasteiger partial charge in [0.25, 0.3) is 0 Å². The fourth-order valence-electron chi connectivity index (χ4n) is 5.62. The number of aryl methyl sites for hydroxylation is 1. The summed E-state index contributed by atoms with van der Waals surface area (Å²) in [6.45, 7) is 3.88. The monoisotopic (exact) mass is 797 g/mol. The molecular weight excluding hydrogens is 766 g/mol. The Labute approximate surface area is 333 Å². The Balaban J connectivity index is 0.000000160. The Morgan fingerprint density at radius 1 is 0.807 bits per heavy atom. The standard InChI is InChI=1S/C19H17FN8S.C18H15N9S/c1-12-2-5-15(20)16(10-12)28-25-17(22-26-28)11-29-19-24-23-18(27(19)14-3-4-14)13-6-8-21-9-7-13;1-12(16-21-25-27(24-16)15-5-3-4-13(10-15)11-19)28-18-23-22-17(26(18)2)14-6-8-20-9-7-14/h2,5-10,14H,3-4,11H2,1H3;3-10,12H,1-2H3. The Morgan fingerprint density at radius 2 is 1.51 bits per heavy atom. The quantitative estimate of drug-likeness (QED) is 0.139. The summed E-state index contributed by atoms with van der Waals surface area (Å²) < 4.78 is 18.2. The van der Waals surface area contributed by atoms with Gasteiger partial charge in [-0.2, -0.15) is 5.26 Å². The fourth-order valence-corrected chi connectivity index (χ4v) is 7.32. The van der Waals surface area contributed by atoms with Crippen molar-refractivity contribution >= 4 is 23.5 Å². The van der Waals surface area contributed by atoms with Gasteiger partial charge in [0.05, 0.1) is 28.3 Å². The molecule has 0 amide bonds. The summed E-state index contributed by atoms with van der Waals surface area (Å²) in [5, 5.41) is 52.9. The molecule has 0 bridgehead atoms. The highest BCUT2D eigenvalue weighted by atomic mass is 32.2. The molecule has 1 aliphatic carbocycles. The van der Waals surface area contributed by atoms with Gasteiger partial charge in [-0.15, -0.1) is 50.4 Å². The molecule has 17 nitrogen and oxygen atoms in total. The number of rotatable bonds is 11. The minimum atomic E-state index is -0.386. The fraction of sp³-hybridized carbons (Fsp3) is 0.216. The summed E-state index contributed by atoms with van der Waals surface area (Å²) in [7, 11) is 1.92. The predicted molar refractivity (Wildman–Crippen MR) is 207 cm³/mol. The Bertz CT molecular complexity index is 2660. The molecule has 8 aromatic rings. The van der Waals surface area contributed by atoms with Crippen LogP contribution in [0.15, 0.2) is 102 Å². The zero-order valence-corrected chi connectivity index (χ0v) is 32.4. The van der Waals surface area contributed by atoms with Crippen LogP contribution in [-0.2, 0) is 12.8 Å². The number of halogens is 1. The number of pyridine rings is 2. The maximum Gasteiger partial charge on any atom is 0.192 e. The predicted octanol–water partition coefficient (Wildman–Crippen LogP) is 5.97. The number of nitriles is 1. The van der Waals surface area contributed by atoms with Crippen molar-refractivity contribution in [2.45, 2.75) is 54.0 Å². The molecule has 284 valence electrons. The number of benzene rings is 2. The van der Waals surface area contributed by atoms with Crippen LogP contribution in [0.2, 0.25) is 0 Å². The van der Waals surface area contributed by atoms with Crippen LogP contribution in [-0.4, -0.2) is 79.9 Å². The number of hydrogen-bond donors (Lipinski definition) is 0. The van der Waals surface area contributed by atoms with Gasteiger partial charge in [0.15, 0.2) is 39.4 Å². The van der Waals surface area contributed by atoms with Gasteiger partial charge in [-0.05, 0) is 97.3 Å². The van der Waals surface area contributed by atoms with Gasteiger partial charge in [0, 0.05) is 49.0 Å². The van der Waals surface area contributed by atoms with E-state index in [9.17, 15) is 4.39 Å². The lowest BCUT2D eigenvalue weighted by Gasteiger charge is -2.07. The topological polar surface area (TPSA) is 198 Å². The number of hydrogen-bond acceptors (Lipinski definition) is 15. The van der Waals surface area contributed by atoms with E-state index in [0.29, 0.717) is 34.7 Å². The first kappa shape index (κ1) is 37.2. The van der Waals surface area contributed by atoms with Crippen molar-refractivity contribution in [3.63, 3.8) is 0 Å². The van der Waals surface area contributed by atoms with E-state index >= 15 is 0 Å². The maximum absolute atomic E-state index is 14.1. The third-order valence-corrected chi connectivity index (χ3v) is 10.7. The number of aromatic nitrogens is 16.